The van der Waals surface area contributed by atoms with Crippen molar-refractivity contribution in [3.8, 4) is 0 Å². The van der Waals surface area contributed by atoms with Gasteiger partial charge in [-0.1, -0.05) is 79.9 Å². The maximum atomic E-state index is 12.2. The molecule has 35 heavy (non-hydrogen) atoms. The molecule has 1 saturated carbocycles. The van der Waals surface area contributed by atoms with Gasteiger partial charge in [-0.15, -0.1) is 0 Å². The molecule has 0 radical (unpaired) electrons. The molecule has 3 aliphatic rings. The summed E-state index contributed by atoms with van der Waals surface area (Å²) < 4.78 is 0. The molecular formula is C31H42N2O2. The van der Waals surface area contributed by atoms with Gasteiger partial charge in [-0.25, -0.2) is 0 Å². The molecule has 4 nitrogen and oxygen atoms in total. The topological polar surface area (TPSA) is 43.8 Å². The van der Waals surface area contributed by atoms with E-state index >= 15 is 0 Å². The van der Waals surface area contributed by atoms with Crippen LogP contribution >= 0.6 is 0 Å². The van der Waals surface area contributed by atoms with Crippen LogP contribution in [0.2, 0.25) is 0 Å². The van der Waals surface area contributed by atoms with E-state index in [-0.39, 0.29) is 6.04 Å². The summed E-state index contributed by atoms with van der Waals surface area (Å²) in [7, 11) is 0. The smallest absolute Gasteiger partial charge is 0.320 e. The number of aryl methyl sites for hydroxylation is 1. The van der Waals surface area contributed by atoms with Gasteiger partial charge in [-0.3, -0.25) is 9.69 Å². The Bertz CT molecular complexity index is 922. The third-order valence-corrected chi connectivity index (χ3v) is 8.80. The molecule has 188 valence electrons. The zero-order valence-electron chi connectivity index (χ0n) is 21.1. The zero-order chi connectivity index (χ0) is 24.0. The quantitative estimate of drug-likeness (QED) is 0.454. The van der Waals surface area contributed by atoms with Crippen LogP contribution < -0.4 is 0 Å². The van der Waals surface area contributed by atoms with Crippen molar-refractivity contribution in [3.05, 3.63) is 71.8 Å². The first kappa shape index (κ1) is 24.5. The third-order valence-electron chi connectivity index (χ3n) is 8.80. The first-order valence-corrected chi connectivity index (χ1v) is 13.9. The minimum absolute atomic E-state index is 0.311. The molecule has 2 aromatic rings. The van der Waals surface area contributed by atoms with Gasteiger partial charge in [-0.2, -0.15) is 0 Å². The average molecular weight is 475 g/mol. The van der Waals surface area contributed by atoms with Crippen LogP contribution in [-0.2, 0) is 11.2 Å². The standard InChI is InChI=1S/C31H42N2O2/c34-31(35)30(20-26-14-15-26)33-22-28(29(23-33)27-12-5-2-6-13-27)21-32-18-16-25(17-19-32)11-7-10-24-8-3-1-4-9-24/h1-6,8-9,12-13,25-26,28-30H,7,10-11,14-23H2,(H,34,35)/t28-,29+,30+/m0/s1. The molecule has 0 bridgehead atoms. The number of nitrogens with zero attached hydrogens (tertiary/aromatic N) is 2. The molecule has 5 rings (SSSR count). The number of piperidine rings is 1. The van der Waals surface area contributed by atoms with Gasteiger partial charge in [0.05, 0.1) is 0 Å². The number of rotatable bonds is 11. The van der Waals surface area contributed by atoms with Crippen molar-refractivity contribution in [2.24, 2.45) is 17.8 Å². The summed E-state index contributed by atoms with van der Waals surface area (Å²) in [5.74, 6) is 1.80. The second-order valence-corrected chi connectivity index (χ2v) is 11.4. The summed E-state index contributed by atoms with van der Waals surface area (Å²) in [6.45, 7) is 5.29. The van der Waals surface area contributed by atoms with E-state index in [0.717, 1.165) is 32.0 Å². The van der Waals surface area contributed by atoms with Crippen molar-refractivity contribution in [2.45, 2.75) is 63.3 Å². The lowest BCUT2D eigenvalue weighted by Gasteiger charge is -2.35. The van der Waals surface area contributed by atoms with Crippen LogP contribution in [0.25, 0.3) is 0 Å². The van der Waals surface area contributed by atoms with E-state index in [9.17, 15) is 9.90 Å². The summed E-state index contributed by atoms with van der Waals surface area (Å²) in [5.41, 5.74) is 2.84. The summed E-state index contributed by atoms with van der Waals surface area (Å²) in [6.07, 6.45) is 9.70. The highest BCUT2D eigenvalue weighted by atomic mass is 16.4. The van der Waals surface area contributed by atoms with Crippen LogP contribution in [-0.4, -0.2) is 59.6 Å². The molecule has 2 heterocycles. The van der Waals surface area contributed by atoms with Crippen molar-refractivity contribution in [1.82, 2.24) is 9.80 Å². The summed E-state index contributed by atoms with van der Waals surface area (Å²) in [6, 6.07) is 21.4. The predicted octanol–water partition coefficient (Wildman–Crippen LogP) is 5.69. The van der Waals surface area contributed by atoms with Gasteiger partial charge in [0.15, 0.2) is 0 Å². The van der Waals surface area contributed by atoms with E-state index in [1.807, 2.05) is 0 Å². The Morgan fingerprint density at radius 2 is 1.57 bits per heavy atom. The fourth-order valence-electron chi connectivity index (χ4n) is 6.53. The number of benzene rings is 2. The summed E-state index contributed by atoms with van der Waals surface area (Å²) >= 11 is 0. The number of aliphatic carboxylic acids is 1. The Hall–Kier alpha value is -2.17. The van der Waals surface area contributed by atoms with Gasteiger partial charge >= 0.3 is 5.97 Å². The molecule has 0 amide bonds. The van der Waals surface area contributed by atoms with Gasteiger partial charge in [0, 0.05) is 25.6 Å². The molecule has 2 aromatic carbocycles. The molecule has 1 N–H and O–H groups in total. The van der Waals surface area contributed by atoms with Crippen LogP contribution in [0.1, 0.15) is 62.0 Å². The van der Waals surface area contributed by atoms with Crippen LogP contribution in [0.5, 0.6) is 0 Å². The van der Waals surface area contributed by atoms with E-state index in [1.165, 1.54) is 69.2 Å². The lowest BCUT2D eigenvalue weighted by Crippen LogP contribution is -2.41. The number of carboxylic acids is 1. The molecule has 3 atom stereocenters. The molecule has 1 aliphatic carbocycles. The first-order chi connectivity index (χ1) is 17.2. The lowest BCUT2D eigenvalue weighted by atomic mass is 9.87. The van der Waals surface area contributed by atoms with E-state index in [0.29, 0.717) is 17.8 Å². The number of likely N-dealkylation sites (tertiary alicyclic amines) is 2. The predicted molar refractivity (Wildman–Crippen MR) is 142 cm³/mol. The van der Waals surface area contributed by atoms with Gasteiger partial charge in [-0.05, 0) is 74.1 Å². The Morgan fingerprint density at radius 3 is 2.23 bits per heavy atom. The summed E-state index contributed by atoms with van der Waals surface area (Å²) in [4.78, 5) is 17.1. The minimum atomic E-state index is -0.624. The van der Waals surface area contributed by atoms with E-state index in [4.69, 9.17) is 0 Å². The highest BCUT2D eigenvalue weighted by Crippen LogP contribution is 2.39. The summed E-state index contributed by atoms with van der Waals surface area (Å²) in [5, 5.41) is 10.00. The van der Waals surface area contributed by atoms with Gasteiger partial charge in [0.1, 0.15) is 6.04 Å². The molecule has 2 aliphatic heterocycles. The van der Waals surface area contributed by atoms with Crippen LogP contribution in [0.15, 0.2) is 60.7 Å². The zero-order valence-corrected chi connectivity index (χ0v) is 21.1. The number of hydrogen-bond donors (Lipinski definition) is 1. The van der Waals surface area contributed by atoms with Crippen molar-refractivity contribution in [3.63, 3.8) is 0 Å². The number of hydrogen-bond acceptors (Lipinski definition) is 3. The van der Waals surface area contributed by atoms with E-state index < -0.39 is 5.97 Å². The van der Waals surface area contributed by atoms with Gasteiger partial charge < -0.3 is 10.0 Å². The van der Waals surface area contributed by atoms with Crippen LogP contribution in [0.3, 0.4) is 0 Å². The van der Waals surface area contributed by atoms with Crippen molar-refractivity contribution in [2.75, 3.05) is 32.7 Å². The Labute approximate surface area is 211 Å². The fraction of sp³-hybridized carbons (Fsp3) is 0.581. The molecule has 3 fully saturated rings. The molecule has 2 saturated heterocycles. The normalized spacial score (nSPS) is 25.0. The monoisotopic (exact) mass is 474 g/mol. The molecule has 0 spiro atoms. The lowest BCUT2D eigenvalue weighted by molar-refractivity contribution is -0.143. The molecular weight excluding hydrogens is 432 g/mol. The van der Waals surface area contributed by atoms with Gasteiger partial charge in [0.25, 0.3) is 0 Å². The van der Waals surface area contributed by atoms with Crippen LogP contribution in [0.4, 0.5) is 0 Å². The number of carboxylic acid groups (broad SMARTS) is 1. The maximum Gasteiger partial charge on any atom is 0.320 e. The first-order valence-electron chi connectivity index (χ1n) is 13.9. The Morgan fingerprint density at radius 1 is 0.886 bits per heavy atom. The van der Waals surface area contributed by atoms with E-state index in [1.54, 1.807) is 0 Å². The molecule has 4 heteroatoms. The second-order valence-electron chi connectivity index (χ2n) is 11.4. The highest BCUT2D eigenvalue weighted by molar-refractivity contribution is 5.73. The Balaban J connectivity index is 1.15. The largest absolute Gasteiger partial charge is 0.480 e. The SMILES string of the molecule is O=C(O)[C@@H](CC1CC1)N1C[C@H](CN2CCC(CCCc3ccccc3)CC2)[C@@H](c2ccccc2)C1. The average Bonchev–Trinajstić information content (AvgIpc) is 3.62. The fourth-order valence-corrected chi connectivity index (χ4v) is 6.53. The third kappa shape index (κ3) is 6.74. The maximum absolute atomic E-state index is 12.2. The van der Waals surface area contributed by atoms with Crippen molar-refractivity contribution >= 4 is 5.97 Å². The number of carbonyl (C=O) groups is 1. The minimum Gasteiger partial charge on any atom is -0.480 e. The van der Waals surface area contributed by atoms with Crippen LogP contribution in [0, 0.1) is 17.8 Å². The highest BCUT2D eigenvalue weighted by Gasteiger charge is 2.42. The van der Waals surface area contributed by atoms with E-state index in [2.05, 4.69) is 70.5 Å². The van der Waals surface area contributed by atoms with Crippen molar-refractivity contribution in [1.29, 1.82) is 0 Å². The van der Waals surface area contributed by atoms with Crippen molar-refractivity contribution < 1.29 is 9.90 Å². The van der Waals surface area contributed by atoms with Gasteiger partial charge in [0.2, 0.25) is 0 Å². The molecule has 0 unspecified atom stereocenters. The Kier molecular flexibility index (Phi) is 8.20. The second kappa shape index (κ2) is 11.7. The molecule has 0 aromatic heterocycles.